The molecule has 1 heterocycles. The van der Waals surface area contributed by atoms with Crippen LogP contribution in [-0.4, -0.2) is 27.4 Å². The fourth-order valence-electron chi connectivity index (χ4n) is 1.61. The molecule has 19 heavy (non-hydrogen) atoms. The Bertz CT molecular complexity index is 555. The molecule has 2 rings (SSSR count). The second-order valence-electron chi connectivity index (χ2n) is 4.01. The normalized spacial score (nSPS) is 10.4. The van der Waals surface area contributed by atoms with Gasteiger partial charge >= 0.3 is 0 Å². The maximum Gasteiger partial charge on any atom is 0.254 e. The van der Waals surface area contributed by atoms with Crippen molar-refractivity contribution in [2.45, 2.75) is 13.0 Å². The van der Waals surface area contributed by atoms with Crippen molar-refractivity contribution in [3.63, 3.8) is 0 Å². The van der Waals surface area contributed by atoms with E-state index in [2.05, 4.69) is 15.6 Å². The summed E-state index contributed by atoms with van der Waals surface area (Å²) in [5.41, 5.74) is 5.83. The fourth-order valence-corrected chi connectivity index (χ4v) is 1.61. The monoisotopic (exact) mass is 263 g/mol. The summed E-state index contributed by atoms with van der Waals surface area (Å²) in [6.45, 7) is 1.06. The van der Waals surface area contributed by atoms with Gasteiger partial charge in [-0.1, -0.05) is 5.21 Å². The van der Waals surface area contributed by atoms with Gasteiger partial charge < -0.3 is 11.1 Å². The molecule has 0 radical (unpaired) electrons. The lowest BCUT2D eigenvalue weighted by Crippen LogP contribution is -2.26. The minimum atomic E-state index is -0.581. The second kappa shape index (κ2) is 5.94. The van der Waals surface area contributed by atoms with E-state index < -0.39 is 11.7 Å². The Morgan fingerprint density at radius 2 is 2.32 bits per heavy atom. The number of nitrogens with zero attached hydrogens (tertiary/aromatic N) is 3. The number of nitrogens with two attached hydrogens (primary N) is 1. The molecule has 1 amide bonds. The van der Waals surface area contributed by atoms with E-state index in [9.17, 15) is 9.18 Å². The number of halogens is 1. The minimum absolute atomic E-state index is 0.0410. The van der Waals surface area contributed by atoms with Crippen molar-refractivity contribution in [3.8, 4) is 0 Å². The van der Waals surface area contributed by atoms with Gasteiger partial charge in [-0.25, -0.2) is 4.39 Å². The van der Waals surface area contributed by atoms with Crippen LogP contribution in [0.2, 0.25) is 0 Å². The average Bonchev–Trinajstić information content (AvgIpc) is 2.90. The summed E-state index contributed by atoms with van der Waals surface area (Å²) in [6, 6.07) is 3.92. The van der Waals surface area contributed by atoms with Crippen LogP contribution in [0, 0.1) is 5.82 Å². The molecule has 0 spiro atoms. The van der Waals surface area contributed by atoms with E-state index in [4.69, 9.17) is 5.73 Å². The number of aryl methyl sites for hydroxylation is 1. The number of hydrogen-bond acceptors (Lipinski definition) is 4. The van der Waals surface area contributed by atoms with Crippen molar-refractivity contribution in [2.75, 3.05) is 12.3 Å². The summed E-state index contributed by atoms with van der Waals surface area (Å²) >= 11 is 0. The van der Waals surface area contributed by atoms with Crippen molar-refractivity contribution < 1.29 is 9.18 Å². The zero-order valence-corrected chi connectivity index (χ0v) is 10.2. The van der Waals surface area contributed by atoms with Crippen molar-refractivity contribution in [3.05, 3.63) is 42.0 Å². The van der Waals surface area contributed by atoms with Gasteiger partial charge in [0.05, 0.1) is 11.8 Å². The molecule has 1 aromatic heterocycles. The first-order valence-electron chi connectivity index (χ1n) is 5.84. The number of hydrogen-bond donors (Lipinski definition) is 2. The van der Waals surface area contributed by atoms with Crippen LogP contribution >= 0.6 is 0 Å². The van der Waals surface area contributed by atoms with Gasteiger partial charge in [0, 0.05) is 25.0 Å². The molecule has 1 aromatic carbocycles. The number of amides is 1. The number of carbonyl (C=O) groups is 1. The molecule has 0 fully saturated rings. The first-order valence-corrected chi connectivity index (χ1v) is 5.84. The molecule has 6 nitrogen and oxygen atoms in total. The highest BCUT2D eigenvalue weighted by Gasteiger charge is 2.11. The predicted molar refractivity (Wildman–Crippen MR) is 67.8 cm³/mol. The molecule has 7 heteroatoms. The van der Waals surface area contributed by atoms with Crippen molar-refractivity contribution in [1.29, 1.82) is 0 Å². The highest BCUT2D eigenvalue weighted by Crippen LogP contribution is 2.11. The van der Waals surface area contributed by atoms with Crippen LogP contribution in [0.4, 0.5) is 10.1 Å². The summed E-state index contributed by atoms with van der Waals surface area (Å²) in [5, 5.41) is 10.1. The minimum Gasteiger partial charge on any atom is -0.399 e. The van der Waals surface area contributed by atoms with Gasteiger partial charge in [0.1, 0.15) is 5.82 Å². The van der Waals surface area contributed by atoms with E-state index in [1.165, 1.54) is 18.2 Å². The molecule has 100 valence electrons. The first-order chi connectivity index (χ1) is 9.16. The average molecular weight is 263 g/mol. The predicted octanol–water partition coefficient (Wildman–Crippen LogP) is 0.819. The van der Waals surface area contributed by atoms with E-state index in [-0.39, 0.29) is 5.56 Å². The standard InChI is InChI=1S/C12H14FN5O/c13-11-3-2-9(14)8-10(11)12(19)15-4-1-6-18-7-5-16-17-18/h2-3,5,7-8H,1,4,6,14H2,(H,15,19). The van der Waals surface area contributed by atoms with Crippen LogP contribution in [0.15, 0.2) is 30.6 Å². The summed E-state index contributed by atoms with van der Waals surface area (Å²) in [5.74, 6) is -1.05. The molecule has 0 unspecified atom stereocenters. The van der Waals surface area contributed by atoms with Crippen LogP contribution in [0.1, 0.15) is 16.8 Å². The van der Waals surface area contributed by atoms with Crippen molar-refractivity contribution in [1.82, 2.24) is 20.3 Å². The molecule has 0 saturated heterocycles. The maximum atomic E-state index is 13.4. The topological polar surface area (TPSA) is 85.8 Å². The molecule has 0 saturated carbocycles. The largest absolute Gasteiger partial charge is 0.399 e. The quantitative estimate of drug-likeness (QED) is 0.617. The van der Waals surface area contributed by atoms with Crippen molar-refractivity contribution in [2.24, 2.45) is 0 Å². The van der Waals surface area contributed by atoms with Crippen LogP contribution in [-0.2, 0) is 6.54 Å². The van der Waals surface area contributed by atoms with E-state index in [1.807, 2.05) is 0 Å². The van der Waals surface area contributed by atoms with Gasteiger partial charge in [-0.15, -0.1) is 5.10 Å². The van der Waals surface area contributed by atoms with Gasteiger partial charge in [0.15, 0.2) is 0 Å². The molecule has 3 N–H and O–H groups in total. The van der Waals surface area contributed by atoms with Gasteiger partial charge in [0.25, 0.3) is 5.91 Å². The smallest absolute Gasteiger partial charge is 0.254 e. The Morgan fingerprint density at radius 1 is 1.47 bits per heavy atom. The Morgan fingerprint density at radius 3 is 3.05 bits per heavy atom. The Hall–Kier alpha value is -2.44. The molecule has 2 aromatic rings. The maximum absolute atomic E-state index is 13.4. The van der Waals surface area contributed by atoms with Crippen molar-refractivity contribution >= 4 is 11.6 Å². The van der Waals surface area contributed by atoms with E-state index in [0.717, 1.165) is 0 Å². The molecule has 0 atom stereocenters. The third-order valence-corrected chi connectivity index (χ3v) is 2.56. The van der Waals surface area contributed by atoms with E-state index in [0.29, 0.717) is 25.2 Å². The molecule has 0 bridgehead atoms. The summed E-state index contributed by atoms with van der Waals surface area (Å²) in [6.07, 6.45) is 4.00. The zero-order chi connectivity index (χ0) is 13.7. The zero-order valence-electron chi connectivity index (χ0n) is 10.2. The van der Waals surface area contributed by atoms with Gasteiger partial charge in [-0.2, -0.15) is 0 Å². The number of aromatic nitrogens is 3. The van der Waals surface area contributed by atoms with Crippen LogP contribution in [0.5, 0.6) is 0 Å². The number of rotatable bonds is 5. The lowest BCUT2D eigenvalue weighted by atomic mass is 10.1. The number of carbonyl (C=O) groups excluding carboxylic acids is 1. The third kappa shape index (κ3) is 3.51. The van der Waals surface area contributed by atoms with Gasteiger partial charge in [-0.05, 0) is 24.6 Å². The van der Waals surface area contributed by atoms with Crippen LogP contribution in [0.3, 0.4) is 0 Å². The lowest BCUT2D eigenvalue weighted by molar-refractivity contribution is 0.0948. The molecule has 0 aliphatic heterocycles. The Kier molecular flexibility index (Phi) is 4.07. The third-order valence-electron chi connectivity index (χ3n) is 2.56. The second-order valence-corrected chi connectivity index (χ2v) is 4.01. The summed E-state index contributed by atoms with van der Waals surface area (Å²) < 4.78 is 15.1. The molecule has 0 aliphatic rings. The summed E-state index contributed by atoms with van der Waals surface area (Å²) in [4.78, 5) is 11.7. The number of anilines is 1. The van der Waals surface area contributed by atoms with Crippen LogP contribution in [0.25, 0.3) is 0 Å². The lowest BCUT2D eigenvalue weighted by Gasteiger charge is -2.06. The molecular formula is C12H14FN5O. The fraction of sp³-hybridized carbons (Fsp3) is 0.250. The Labute approximate surface area is 109 Å². The Balaban J connectivity index is 1.82. The molecular weight excluding hydrogens is 249 g/mol. The van der Waals surface area contributed by atoms with E-state index in [1.54, 1.807) is 17.1 Å². The van der Waals surface area contributed by atoms with Crippen LogP contribution < -0.4 is 11.1 Å². The van der Waals surface area contributed by atoms with Gasteiger partial charge in [0.2, 0.25) is 0 Å². The molecule has 0 aliphatic carbocycles. The van der Waals surface area contributed by atoms with Gasteiger partial charge in [-0.3, -0.25) is 9.48 Å². The summed E-state index contributed by atoms with van der Waals surface area (Å²) in [7, 11) is 0. The first kappa shape index (κ1) is 13.0. The highest BCUT2D eigenvalue weighted by atomic mass is 19.1. The number of nitrogen functional groups attached to an aromatic ring is 1. The number of nitrogens with one attached hydrogen (secondary N) is 1. The highest BCUT2D eigenvalue weighted by molar-refractivity contribution is 5.95. The SMILES string of the molecule is Nc1ccc(F)c(C(=O)NCCCn2ccnn2)c1. The number of benzene rings is 1. The van der Waals surface area contributed by atoms with E-state index >= 15 is 0 Å².